The summed E-state index contributed by atoms with van der Waals surface area (Å²) in [6, 6.07) is 1.54. The molecule has 27 heavy (non-hydrogen) atoms. The fourth-order valence-corrected chi connectivity index (χ4v) is 4.52. The third-order valence-electron chi connectivity index (χ3n) is 5.21. The molecule has 148 valence electrons. The molecule has 0 atom stereocenters. The Morgan fingerprint density at radius 3 is 2.52 bits per heavy atom. The Labute approximate surface area is 171 Å². The van der Waals surface area contributed by atoms with Crippen LogP contribution in [-0.2, 0) is 9.84 Å². The van der Waals surface area contributed by atoms with E-state index in [0.29, 0.717) is 11.9 Å². The number of fused-ring (bicyclic) bond motifs is 1. The van der Waals surface area contributed by atoms with Crippen LogP contribution in [-0.4, -0.2) is 55.7 Å². The number of nitrogens with zero attached hydrogens (tertiary/aromatic N) is 3. The summed E-state index contributed by atoms with van der Waals surface area (Å²) in [7, 11) is 0.344. The summed E-state index contributed by atoms with van der Waals surface area (Å²) in [5.74, 6) is -0.446. The van der Waals surface area contributed by atoms with Crippen molar-refractivity contribution in [2.75, 3.05) is 32.2 Å². The minimum absolute atomic E-state index is 0.0429. The quantitative estimate of drug-likeness (QED) is 0.518. The van der Waals surface area contributed by atoms with Crippen LogP contribution in [0.4, 0.5) is 10.2 Å². The van der Waals surface area contributed by atoms with Gasteiger partial charge < -0.3 is 10.2 Å². The van der Waals surface area contributed by atoms with Gasteiger partial charge in [0.2, 0.25) is 15.0 Å². The number of anilines is 1. The van der Waals surface area contributed by atoms with E-state index in [1.54, 1.807) is 0 Å². The third-order valence-corrected chi connectivity index (χ3v) is 7.35. The maximum Gasteiger partial charge on any atom is 0.249 e. The van der Waals surface area contributed by atoms with Gasteiger partial charge in [-0.15, -0.1) is 0 Å². The molecule has 1 fully saturated rings. The zero-order valence-electron chi connectivity index (χ0n) is 15.3. The number of halogens is 3. The van der Waals surface area contributed by atoms with Crippen molar-refractivity contribution in [2.24, 2.45) is 0 Å². The van der Waals surface area contributed by atoms with Gasteiger partial charge in [-0.25, -0.2) is 22.8 Å². The standard InChI is InChI=1S/C17H21BrClFN4O2S/c1-24(2)17(6-4-5-7-17)9-21-15-10-8-11(19)12(18)13(20)14(10)22-16(23-15)27(3,25)26/h8H,4-7,9H2,1-3H3,(H,21,22,23). The highest BCUT2D eigenvalue weighted by atomic mass is 79.9. The molecule has 0 unspecified atom stereocenters. The van der Waals surface area contributed by atoms with Crippen LogP contribution in [0.1, 0.15) is 25.7 Å². The predicted octanol–water partition coefficient (Wildman–Crippen LogP) is 3.87. The van der Waals surface area contributed by atoms with Crippen molar-refractivity contribution in [3.8, 4) is 0 Å². The molecule has 10 heteroatoms. The molecule has 0 radical (unpaired) electrons. The minimum atomic E-state index is -3.71. The van der Waals surface area contributed by atoms with Crippen LogP contribution in [0, 0.1) is 5.82 Å². The number of hydrogen-bond acceptors (Lipinski definition) is 6. The second kappa shape index (κ2) is 7.42. The molecule has 2 aromatic rings. The van der Waals surface area contributed by atoms with Gasteiger partial charge in [-0.1, -0.05) is 24.4 Å². The molecule has 6 nitrogen and oxygen atoms in total. The summed E-state index contributed by atoms with van der Waals surface area (Å²) in [6.07, 6.45) is 5.31. The lowest BCUT2D eigenvalue weighted by Crippen LogP contribution is -2.47. The lowest BCUT2D eigenvalue weighted by molar-refractivity contribution is 0.172. The van der Waals surface area contributed by atoms with Crippen molar-refractivity contribution in [1.29, 1.82) is 0 Å². The van der Waals surface area contributed by atoms with E-state index in [-0.39, 0.29) is 26.4 Å². The van der Waals surface area contributed by atoms with Crippen LogP contribution < -0.4 is 5.32 Å². The fourth-order valence-electron chi connectivity index (χ4n) is 3.52. The van der Waals surface area contributed by atoms with E-state index < -0.39 is 20.8 Å². The van der Waals surface area contributed by atoms with Gasteiger partial charge in [-0.3, -0.25) is 0 Å². The van der Waals surface area contributed by atoms with Gasteiger partial charge in [-0.2, -0.15) is 0 Å². The Balaban J connectivity index is 2.13. The Kier molecular flexibility index (Phi) is 5.69. The molecule has 1 aliphatic carbocycles. The van der Waals surface area contributed by atoms with Gasteiger partial charge in [0, 0.05) is 23.7 Å². The largest absolute Gasteiger partial charge is 0.368 e. The Hall–Kier alpha value is -1.03. The van der Waals surface area contributed by atoms with Crippen molar-refractivity contribution in [1.82, 2.24) is 14.9 Å². The fraction of sp³-hybridized carbons (Fsp3) is 0.529. The van der Waals surface area contributed by atoms with Crippen molar-refractivity contribution < 1.29 is 12.8 Å². The number of hydrogen-bond donors (Lipinski definition) is 1. The molecule has 1 heterocycles. The van der Waals surface area contributed by atoms with Gasteiger partial charge in [0.15, 0.2) is 5.82 Å². The van der Waals surface area contributed by atoms with Gasteiger partial charge in [0.05, 0.1) is 9.50 Å². The molecule has 0 amide bonds. The number of benzene rings is 1. The number of likely N-dealkylation sites (N-methyl/N-ethyl adjacent to an activating group) is 1. The summed E-state index contributed by atoms with van der Waals surface area (Å²) in [5.41, 5.74) is -0.144. The van der Waals surface area contributed by atoms with Crippen LogP contribution in [0.15, 0.2) is 15.7 Å². The normalized spacial score (nSPS) is 17.0. The van der Waals surface area contributed by atoms with E-state index >= 15 is 0 Å². The van der Waals surface area contributed by atoms with Gasteiger partial charge in [0.1, 0.15) is 11.3 Å². The SMILES string of the molecule is CN(C)C1(CNc2nc(S(C)(=O)=O)nc3c(F)c(Br)c(Cl)cc23)CCCC1. The van der Waals surface area contributed by atoms with Crippen LogP contribution in [0.3, 0.4) is 0 Å². The van der Waals surface area contributed by atoms with Crippen molar-refractivity contribution in [2.45, 2.75) is 36.4 Å². The molecule has 0 bridgehead atoms. The second-order valence-corrected chi connectivity index (χ2v) is 10.3. The first-order valence-electron chi connectivity index (χ1n) is 8.52. The Morgan fingerprint density at radius 2 is 1.96 bits per heavy atom. The van der Waals surface area contributed by atoms with Crippen molar-refractivity contribution >= 4 is 54.1 Å². The van der Waals surface area contributed by atoms with E-state index in [0.717, 1.165) is 31.9 Å². The van der Waals surface area contributed by atoms with Gasteiger partial charge in [-0.05, 0) is 48.9 Å². The Bertz CT molecular complexity index is 994. The molecule has 1 aromatic heterocycles. The lowest BCUT2D eigenvalue weighted by Gasteiger charge is -2.36. The van der Waals surface area contributed by atoms with E-state index in [9.17, 15) is 12.8 Å². The highest BCUT2D eigenvalue weighted by Gasteiger charge is 2.36. The van der Waals surface area contributed by atoms with Gasteiger partial charge >= 0.3 is 0 Å². The predicted molar refractivity (Wildman–Crippen MR) is 109 cm³/mol. The average Bonchev–Trinajstić information content (AvgIpc) is 3.07. The summed E-state index contributed by atoms with van der Waals surface area (Å²) >= 11 is 9.18. The number of aromatic nitrogens is 2. The molecule has 3 rings (SSSR count). The van der Waals surface area contributed by atoms with Crippen molar-refractivity contribution in [3.05, 3.63) is 21.4 Å². The summed E-state index contributed by atoms with van der Waals surface area (Å²) in [5, 5.41) is 3.34. The summed E-state index contributed by atoms with van der Waals surface area (Å²) in [6.45, 7) is 0.560. The van der Waals surface area contributed by atoms with Crippen LogP contribution in [0.2, 0.25) is 5.02 Å². The van der Waals surface area contributed by atoms with Gasteiger partial charge in [0.25, 0.3) is 0 Å². The average molecular weight is 480 g/mol. The molecule has 1 aromatic carbocycles. The zero-order chi connectivity index (χ0) is 20.0. The first kappa shape index (κ1) is 20.7. The third kappa shape index (κ3) is 3.92. The summed E-state index contributed by atoms with van der Waals surface area (Å²) < 4.78 is 38.7. The number of sulfone groups is 1. The van der Waals surface area contributed by atoms with Crippen LogP contribution >= 0.6 is 27.5 Å². The van der Waals surface area contributed by atoms with Crippen molar-refractivity contribution in [3.63, 3.8) is 0 Å². The summed E-state index contributed by atoms with van der Waals surface area (Å²) in [4.78, 5) is 10.3. The van der Waals surface area contributed by atoms with E-state index in [1.165, 1.54) is 6.07 Å². The van der Waals surface area contributed by atoms with Crippen LogP contribution in [0.25, 0.3) is 10.9 Å². The molecular weight excluding hydrogens is 459 g/mol. The first-order valence-corrected chi connectivity index (χ1v) is 11.6. The van der Waals surface area contributed by atoms with E-state index in [4.69, 9.17) is 11.6 Å². The molecule has 1 saturated carbocycles. The second-order valence-electron chi connectivity index (χ2n) is 7.19. The maximum absolute atomic E-state index is 14.7. The number of nitrogens with one attached hydrogen (secondary N) is 1. The highest BCUT2D eigenvalue weighted by molar-refractivity contribution is 9.10. The monoisotopic (exact) mass is 478 g/mol. The molecule has 0 aliphatic heterocycles. The topological polar surface area (TPSA) is 75.2 Å². The molecular formula is C17H21BrClFN4O2S. The first-order chi connectivity index (χ1) is 12.5. The van der Waals surface area contributed by atoms with Crippen LogP contribution in [0.5, 0.6) is 0 Å². The lowest BCUT2D eigenvalue weighted by atomic mass is 9.96. The smallest absolute Gasteiger partial charge is 0.249 e. The maximum atomic E-state index is 14.7. The molecule has 1 N–H and O–H groups in total. The van der Waals surface area contributed by atoms with E-state index in [1.807, 2.05) is 14.1 Å². The molecule has 1 aliphatic rings. The molecule has 0 saturated heterocycles. The number of rotatable bonds is 5. The zero-order valence-corrected chi connectivity index (χ0v) is 18.5. The van der Waals surface area contributed by atoms with E-state index in [2.05, 4.69) is 36.1 Å². The Morgan fingerprint density at radius 1 is 1.33 bits per heavy atom. The highest BCUT2D eigenvalue weighted by Crippen LogP contribution is 2.37. The minimum Gasteiger partial charge on any atom is -0.368 e. The molecule has 0 spiro atoms.